The first-order valence-corrected chi connectivity index (χ1v) is 6.25. The van der Waals surface area contributed by atoms with E-state index in [4.69, 9.17) is 19.9 Å². The van der Waals surface area contributed by atoms with Crippen molar-refractivity contribution in [3.05, 3.63) is 40.6 Å². The molecule has 0 aliphatic carbocycles. The first-order valence-electron chi connectivity index (χ1n) is 5.45. The van der Waals surface area contributed by atoms with Crippen LogP contribution >= 0.6 is 15.9 Å². The zero-order chi connectivity index (χ0) is 13.4. The van der Waals surface area contributed by atoms with E-state index < -0.39 is 5.82 Å². The van der Waals surface area contributed by atoms with Crippen molar-refractivity contribution >= 4 is 21.6 Å². The first kappa shape index (κ1) is 12.1. The molecule has 0 bridgehead atoms. The third-order valence-corrected chi connectivity index (χ3v) is 3.23. The number of rotatable bonds is 2. The van der Waals surface area contributed by atoms with E-state index >= 15 is 0 Å². The second kappa shape index (κ2) is 4.62. The molecular weight excluding hydrogens is 317 g/mol. The quantitative estimate of drug-likeness (QED) is 0.855. The normalized spacial score (nSPS) is 12.5. The summed E-state index contributed by atoms with van der Waals surface area (Å²) in [5.41, 5.74) is 5.93. The predicted molar refractivity (Wildman–Crippen MR) is 71.2 cm³/mol. The summed E-state index contributed by atoms with van der Waals surface area (Å²) in [6.07, 6.45) is 0. The van der Waals surface area contributed by atoms with Gasteiger partial charge in [-0.15, -0.1) is 0 Å². The molecule has 0 saturated heterocycles. The van der Waals surface area contributed by atoms with Crippen LogP contribution in [0.5, 0.6) is 23.0 Å². The van der Waals surface area contributed by atoms with Gasteiger partial charge in [0.15, 0.2) is 17.2 Å². The van der Waals surface area contributed by atoms with Crippen LogP contribution in [0.3, 0.4) is 0 Å². The van der Waals surface area contributed by atoms with E-state index in [9.17, 15) is 4.39 Å². The molecule has 0 unspecified atom stereocenters. The van der Waals surface area contributed by atoms with Crippen molar-refractivity contribution in [1.29, 1.82) is 0 Å². The van der Waals surface area contributed by atoms with Crippen LogP contribution in [0.25, 0.3) is 0 Å². The van der Waals surface area contributed by atoms with Crippen LogP contribution in [-0.2, 0) is 0 Å². The molecule has 98 valence electrons. The summed E-state index contributed by atoms with van der Waals surface area (Å²) in [6.45, 7) is 0.197. The smallest absolute Gasteiger partial charge is 0.231 e. The van der Waals surface area contributed by atoms with Gasteiger partial charge in [0.1, 0.15) is 11.6 Å². The Bertz CT molecular complexity index is 648. The minimum Gasteiger partial charge on any atom is -0.455 e. The Morgan fingerprint density at radius 2 is 1.95 bits per heavy atom. The van der Waals surface area contributed by atoms with Crippen LogP contribution < -0.4 is 19.9 Å². The van der Waals surface area contributed by atoms with Crippen molar-refractivity contribution in [3.8, 4) is 23.0 Å². The Hall–Kier alpha value is -1.95. The minimum atomic E-state index is -0.435. The molecule has 0 aromatic heterocycles. The second-order valence-corrected chi connectivity index (χ2v) is 4.78. The number of anilines is 1. The average Bonchev–Trinajstić information content (AvgIpc) is 2.83. The summed E-state index contributed by atoms with van der Waals surface area (Å²) in [7, 11) is 0. The van der Waals surface area contributed by atoms with Gasteiger partial charge in [0.2, 0.25) is 6.79 Å². The highest BCUT2D eigenvalue weighted by atomic mass is 79.9. The van der Waals surface area contributed by atoms with Gasteiger partial charge in [-0.1, -0.05) is 0 Å². The number of benzene rings is 2. The average molecular weight is 326 g/mol. The molecule has 2 aromatic rings. The number of hydrogen-bond acceptors (Lipinski definition) is 4. The summed E-state index contributed by atoms with van der Waals surface area (Å²) in [6, 6.07) is 7.84. The summed E-state index contributed by atoms with van der Waals surface area (Å²) < 4.78 is 29.6. The van der Waals surface area contributed by atoms with Crippen LogP contribution in [0, 0.1) is 5.82 Å². The molecule has 6 heteroatoms. The Labute approximate surface area is 117 Å². The fraction of sp³-hybridized carbons (Fsp3) is 0.0769. The van der Waals surface area contributed by atoms with Gasteiger partial charge in [0.25, 0.3) is 0 Å². The Morgan fingerprint density at radius 3 is 2.79 bits per heavy atom. The van der Waals surface area contributed by atoms with E-state index in [1.165, 1.54) is 12.1 Å². The topological polar surface area (TPSA) is 53.7 Å². The lowest BCUT2D eigenvalue weighted by molar-refractivity contribution is 0.174. The first-order chi connectivity index (χ1) is 9.13. The zero-order valence-electron chi connectivity index (χ0n) is 9.65. The van der Waals surface area contributed by atoms with Crippen LogP contribution in [0.1, 0.15) is 0 Å². The van der Waals surface area contributed by atoms with E-state index in [-0.39, 0.29) is 17.0 Å². The SMILES string of the molecule is Nc1cc(F)c(Br)cc1Oc1ccc2c(c1)OCO2. The van der Waals surface area contributed by atoms with Gasteiger partial charge in [0, 0.05) is 18.2 Å². The molecule has 1 heterocycles. The van der Waals surface area contributed by atoms with Crippen LogP contribution in [0.4, 0.5) is 10.1 Å². The van der Waals surface area contributed by atoms with Gasteiger partial charge in [0.05, 0.1) is 10.2 Å². The number of nitrogens with two attached hydrogens (primary N) is 1. The van der Waals surface area contributed by atoms with Crippen LogP contribution in [0.15, 0.2) is 34.8 Å². The van der Waals surface area contributed by atoms with Gasteiger partial charge in [-0.05, 0) is 28.1 Å². The third kappa shape index (κ3) is 2.31. The van der Waals surface area contributed by atoms with Crippen molar-refractivity contribution in [3.63, 3.8) is 0 Å². The largest absolute Gasteiger partial charge is 0.455 e. The zero-order valence-corrected chi connectivity index (χ0v) is 11.2. The van der Waals surface area contributed by atoms with Crippen molar-refractivity contribution in [2.24, 2.45) is 0 Å². The van der Waals surface area contributed by atoms with Crippen molar-refractivity contribution in [2.75, 3.05) is 12.5 Å². The molecule has 0 saturated carbocycles. The molecule has 2 aromatic carbocycles. The molecule has 0 spiro atoms. The van der Waals surface area contributed by atoms with Crippen molar-refractivity contribution < 1.29 is 18.6 Å². The van der Waals surface area contributed by atoms with Gasteiger partial charge < -0.3 is 19.9 Å². The number of halogens is 2. The van der Waals surface area contributed by atoms with E-state index in [2.05, 4.69) is 15.9 Å². The van der Waals surface area contributed by atoms with Gasteiger partial charge in [-0.2, -0.15) is 0 Å². The molecule has 0 fully saturated rings. The fourth-order valence-electron chi connectivity index (χ4n) is 1.70. The lowest BCUT2D eigenvalue weighted by Crippen LogP contribution is -1.94. The minimum absolute atomic E-state index is 0.197. The third-order valence-electron chi connectivity index (χ3n) is 2.62. The summed E-state index contributed by atoms with van der Waals surface area (Å²) in [5.74, 6) is 1.75. The van der Waals surface area contributed by atoms with Crippen LogP contribution in [0.2, 0.25) is 0 Å². The molecule has 0 radical (unpaired) electrons. The molecule has 1 aliphatic heterocycles. The van der Waals surface area contributed by atoms with E-state index in [0.717, 1.165) is 0 Å². The fourth-order valence-corrected chi connectivity index (χ4v) is 2.02. The highest BCUT2D eigenvalue weighted by Crippen LogP contribution is 2.38. The second-order valence-electron chi connectivity index (χ2n) is 3.92. The van der Waals surface area contributed by atoms with E-state index in [1.54, 1.807) is 18.2 Å². The Kier molecular flexibility index (Phi) is 2.94. The van der Waals surface area contributed by atoms with Gasteiger partial charge in [-0.3, -0.25) is 0 Å². The number of nitrogen functional groups attached to an aromatic ring is 1. The maximum Gasteiger partial charge on any atom is 0.231 e. The van der Waals surface area contributed by atoms with Gasteiger partial charge >= 0.3 is 0 Å². The number of hydrogen-bond donors (Lipinski definition) is 1. The summed E-state index contributed by atoms with van der Waals surface area (Å²) in [5, 5.41) is 0. The Morgan fingerprint density at radius 1 is 1.16 bits per heavy atom. The predicted octanol–water partition coefficient (Wildman–Crippen LogP) is 3.69. The van der Waals surface area contributed by atoms with Crippen molar-refractivity contribution in [1.82, 2.24) is 0 Å². The van der Waals surface area contributed by atoms with E-state index in [0.29, 0.717) is 23.0 Å². The summed E-state index contributed by atoms with van der Waals surface area (Å²) in [4.78, 5) is 0. The number of fused-ring (bicyclic) bond motifs is 1. The molecular formula is C13H9BrFNO3. The van der Waals surface area contributed by atoms with Crippen molar-refractivity contribution in [2.45, 2.75) is 0 Å². The molecule has 19 heavy (non-hydrogen) atoms. The Balaban J connectivity index is 1.91. The maximum atomic E-state index is 13.3. The number of ether oxygens (including phenoxy) is 3. The standard InChI is InChI=1S/C13H9BrFNO3/c14-8-4-12(10(16)5-9(8)15)19-7-1-2-11-13(3-7)18-6-17-11/h1-5H,6,16H2. The molecule has 0 atom stereocenters. The van der Waals surface area contributed by atoms with E-state index in [1.807, 2.05) is 0 Å². The molecule has 0 amide bonds. The monoisotopic (exact) mass is 325 g/mol. The van der Waals surface area contributed by atoms with Gasteiger partial charge in [-0.25, -0.2) is 4.39 Å². The maximum absolute atomic E-state index is 13.3. The molecule has 3 rings (SSSR count). The molecule has 2 N–H and O–H groups in total. The molecule has 4 nitrogen and oxygen atoms in total. The lowest BCUT2D eigenvalue weighted by Gasteiger charge is -2.10. The van der Waals surface area contributed by atoms with Crippen LogP contribution in [-0.4, -0.2) is 6.79 Å². The highest BCUT2D eigenvalue weighted by Gasteiger charge is 2.15. The highest BCUT2D eigenvalue weighted by molar-refractivity contribution is 9.10. The molecule has 1 aliphatic rings. The summed E-state index contributed by atoms with van der Waals surface area (Å²) >= 11 is 3.09. The lowest BCUT2D eigenvalue weighted by atomic mass is 10.2.